The van der Waals surface area contributed by atoms with Crippen LogP contribution >= 0.6 is 0 Å². The summed E-state index contributed by atoms with van der Waals surface area (Å²) in [5.74, 6) is 1.93. The molecule has 1 aliphatic rings. The molecular formula is C12H24BNO3. The lowest BCUT2D eigenvalue weighted by Crippen LogP contribution is -2.41. The van der Waals surface area contributed by atoms with Crippen LogP contribution in [0.4, 0.5) is 0 Å². The first-order chi connectivity index (χ1) is 7.78. The molecule has 0 atom stereocenters. The number of hydrogen-bond donors (Lipinski definition) is 1. The van der Waals surface area contributed by atoms with E-state index in [0.717, 1.165) is 6.54 Å². The molecule has 1 saturated heterocycles. The van der Waals surface area contributed by atoms with E-state index in [0.29, 0.717) is 6.54 Å². The van der Waals surface area contributed by atoms with Crippen LogP contribution in [0.25, 0.3) is 0 Å². The van der Waals surface area contributed by atoms with Crippen LogP contribution in [0.15, 0.2) is 12.1 Å². The lowest BCUT2D eigenvalue weighted by atomic mass is 9.90. The quantitative estimate of drug-likeness (QED) is 0.732. The molecule has 1 N–H and O–H groups in total. The maximum absolute atomic E-state index is 8.77. The van der Waals surface area contributed by atoms with Crippen molar-refractivity contribution in [2.24, 2.45) is 0 Å². The zero-order valence-corrected chi connectivity index (χ0v) is 11.6. The van der Waals surface area contributed by atoms with Crippen molar-refractivity contribution in [1.29, 1.82) is 0 Å². The minimum atomic E-state index is -0.279. The van der Waals surface area contributed by atoms with Gasteiger partial charge in [-0.05, 0) is 34.7 Å². The minimum Gasteiger partial charge on any atom is -0.400 e. The summed E-state index contributed by atoms with van der Waals surface area (Å²) in [6, 6.07) is 0. The van der Waals surface area contributed by atoms with E-state index in [9.17, 15) is 0 Å². The van der Waals surface area contributed by atoms with Gasteiger partial charge in [-0.2, -0.15) is 0 Å². The van der Waals surface area contributed by atoms with E-state index < -0.39 is 0 Å². The van der Waals surface area contributed by atoms with Crippen molar-refractivity contribution < 1.29 is 14.4 Å². The molecule has 4 nitrogen and oxygen atoms in total. The Hall–Kier alpha value is -0.355. The largest absolute Gasteiger partial charge is 0.486 e. The standard InChI is InChI=1S/C12H24BNO3/c1-11(2)12(3,4)17-13(16-11)7-6-8-14(5)9-10-15/h6-7,15H,8-10H2,1-5H3. The molecule has 0 aromatic rings. The Bertz CT molecular complexity index is 263. The number of likely N-dealkylation sites (N-methyl/N-ethyl adjacent to an activating group) is 1. The fourth-order valence-electron chi connectivity index (χ4n) is 1.58. The Labute approximate surface area is 105 Å². The van der Waals surface area contributed by atoms with Crippen LogP contribution in [0.5, 0.6) is 0 Å². The van der Waals surface area contributed by atoms with E-state index in [2.05, 4.69) is 0 Å². The zero-order chi connectivity index (χ0) is 13.1. The third kappa shape index (κ3) is 3.81. The fourth-order valence-corrected chi connectivity index (χ4v) is 1.58. The molecule has 0 spiro atoms. The van der Waals surface area contributed by atoms with Crippen LogP contribution in [-0.2, 0) is 9.31 Å². The highest BCUT2D eigenvalue weighted by atomic mass is 16.7. The molecule has 0 bridgehead atoms. The van der Waals surface area contributed by atoms with Gasteiger partial charge in [-0.15, -0.1) is 0 Å². The number of aliphatic hydroxyl groups is 1. The van der Waals surface area contributed by atoms with E-state index in [1.807, 2.05) is 51.7 Å². The monoisotopic (exact) mass is 241 g/mol. The Morgan fingerprint density at radius 1 is 1.18 bits per heavy atom. The Kier molecular flexibility index (Phi) is 4.78. The highest BCUT2D eigenvalue weighted by Crippen LogP contribution is 2.36. The molecule has 0 aromatic carbocycles. The maximum Gasteiger partial charge on any atom is 0.486 e. The van der Waals surface area contributed by atoms with Crippen molar-refractivity contribution in [3.63, 3.8) is 0 Å². The van der Waals surface area contributed by atoms with Crippen LogP contribution in [0.3, 0.4) is 0 Å². The smallest absolute Gasteiger partial charge is 0.400 e. The number of nitrogens with zero attached hydrogens (tertiary/aromatic N) is 1. The second kappa shape index (κ2) is 5.52. The molecule has 1 aliphatic heterocycles. The molecule has 0 unspecified atom stereocenters. The van der Waals surface area contributed by atoms with Gasteiger partial charge in [0, 0.05) is 13.1 Å². The van der Waals surface area contributed by atoms with E-state index in [-0.39, 0.29) is 24.9 Å². The molecule has 0 amide bonds. The zero-order valence-electron chi connectivity index (χ0n) is 11.6. The predicted octanol–water partition coefficient (Wildman–Crippen LogP) is 1.10. The third-order valence-electron chi connectivity index (χ3n) is 3.46. The number of hydrogen-bond acceptors (Lipinski definition) is 4. The first kappa shape index (κ1) is 14.7. The van der Waals surface area contributed by atoms with Gasteiger partial charge in [0.25, 0.3) is 0 Å². The SMILES string of the molecule is CN(CC=CB1OC(C)(C)C(C)(C)O1)CCO. The summed E-state index contributed by atoms with van der Waals surface area (Å²) in [5, 5.41) is 8.77. The molecule has 5 heteroatoms. The van der Waals surface area contributed by atoms with E-state index in [4.69, 9.17) is 14.4 Å². The molecule has 1 heterocycles. The van der Waals surface area contributed by atoms with Gasteiger partial charge in [-0.25, -0.2) is 0 Å². The molecule has 98 valence electrons. The minimum absolute atomic E-state index is 0.181. The van der Waals surface area contributed by atoms with Crippen molar-refractivity contribution >= 4 is 7.12 Å². The van der Waals surface area contributed by atoms with Crippen molar-refractivity contribution in [2.45, 2.75) is 38.9 Å². The lowest BCUT2D eigenvalue weighted by molar-refractivity contribution is 0.00578. The van der Waals surface area contributed by atoms with Gasteiger partial charge < -0.3 is 19.3 Å². The van der Waals surface area contributed by atoms with Gasteiger partial charge in [0.05, 0.1) is 17.8 Å². The Balaban J connectivity index is 2.42. The summed E-state index contributed by atoms with van der Waals surface area (Å²) in [7, 11) is 1.69. The van der Waals surface area contributed by atoms with Gasteiger partial charge in [0.15, 0.2) is 0 Å². The van der Waals surface area contributed by atoms with E-state index in [1.165, 1.54) is 0 Å². The second-order valence-corrected chi connectivity index (χ2v) is 5.54. The first-order valence-electron chi connectivity index (χ1n) is 6.10. The highest BCUT2D eigenvalue weighted by molar-refractivity contribution is 6.51. The highest BCUT2D eigenvalue weighted by Gasteiger charge is 2.49. The summed E-state index contributed by atoms with van der Waals surface area (Å²) < 4.78 is 11.7. The van der Waals surface area contributed by atoms with E-state index in [1.54, 1.807) is 0 Å². The molecular weight excluding hydrogens is 217 g/mol. The van der Waals surface area contributed by atoms with Crippen LogP contribution in [0.2, 0.25) is 0 Å². The summed E-state index contributed by atoms with van der Waals surface area (Å²) in [6.07, 6.45) is 2.01. The fraction of sp³-hybridized carbons (Fsp3) is 0.833. The van der Waals surface area contributed by atoms with Crippen LogP contribution in [0.1, 0.15) is 27.7 Å². The second-order valence-electron chi connectivity index (χ2n) is 5.54. The summed E-state index contributed by atoms with van der Waals surface area (Å²) in [4.78, 5) is 2.03. The molecule has 1 fully saturated rings. The summed E-state index contributed by atoms with van der Waals surface area (Å²) in [6.45, 7) is 9.80. The average Bonchev–Trinajstić information content (AvgIpc) is 2.35. The topological polar surface area (TPSA) is 41.9 Å². The van der Waals surface area contributed by atoms with Crippen molar-refractivity contribution in [3.05, 3.63) is 12.1 Å². The van der Waals surface area contributed by atoms with Gasteiger partial charge in [-0.1, -0.05) is 12.1 Å². The third-order valence-corrected chi connectivity index (χ3v) is 3.46. The predicted molar refractivity (Wildman–Crippen MR) is 69.8 cm³/mol. The van der Waals surface area contributed by atoms with Crippen LogP contribution < -0.4 is 0 Å². The van der Waals surface area contributed by atoms with Crippen molar-refractivity contribution in [2.75, 3.05) is 26.7 Å². The normalized spacial score (nSPS) is 22.9. The maximum atomic E-state index is 8.77. The average molecular weight is 241 g/mol. The summed E-state index contributed by atoms with van der Waals surface area (Å²) >= 11 is 0. The Morgan fingerprint density at radius 3 is 2.18 bits per heavy atom. The van der Waals surface area contributed by atoms with Crippen LogP contribution in [-0.4, -0.2) is 55.1 Å². The Morgan fingerprint density at radius 2 is 1.71 bits per heavy atom. The molecule has 0 aliphatic carbocycles. The van der Waals surface area contributed by atoms with Crippen molar-refractivity contribution in [1.82, 2.24) is 4.90 Å². The van der Waals surface area contributed by atoms with Gasteiger partial charge in [-0.3, -0.25) is 0 Å². The van der Waals surface area contributed by atoms with E-state index >= 15 is 0 Å². The van der Waals surface area contributed by atoms with Crippen LogP contribution in [0, 0.1) is 0 Å². The first-order valence-corrected chi connectivity index (χ1v) is 6.10. The molecule has 1 rings (SSSR count). The van der Waals surface area contributed by atoms with Gasteiger partial charge in [0.2, 0.25) is 0 Å². The van der Waals surface area contributed by atoms with Gasteiger partial charge >= 0.3 is 7.12 Å². The molecule has 0 saturated carbocycles. The number of rotatable bonds is 5. The number of aliphatic hydroxyl groups excluding tert-OH is 1. The summed E-state index contributed by atoms with van der Waals surface area (Å²) in [5.41, 5.74) is -0.558. The van der Waals surface area contributed by atoms with Gasteiger partial charge in [0.1, 0.15) is 0 Å². The lowest BCUT2D eigenvalue weighted by Gasteiger charge is -2.32. The molecule has 0 radical (unpaired) electrons. The molecule has 0 aromatic heterocycles. The van der Waals surface area contributed by atoms with Crippen molar-refractivity contribution in [3.8, 4) is 0 Å². The molecule has 17 heavy (non-hydrogen) atoms.